The number of ether oxygens (including phenoxy) is 4. The Bertz CT molecular complexity index is 457. The van der Waals surface area contributed by atoms with Gasteiger partial charge in [0.25, 0.3) is 0 Å². The molecule has 0 unspecified atom stereocenters. The van der Waals surface area contributed by atoms with Crippen molar-refractivity contribution in [1.82, 2.24) is 0 Å². The van der Waals surface area contributed by atoms with Crippen LogP contribution in [0.25, 0.3) is 0 Å². The average Bonchev–Trinajstić information content (AvgIpc) is 2.90. The van der Waals surface area contributed by atoms with E-state index in [1.54, 1.807) is 13.8 Å². The van der Waals surface area contributed by atoms with E-state index >= 15 is 0 Å². The minimum absolute atomic E-state index is 0.0289. The number of rotatable bonds is 7. The van der Waals surface area contributed by atoms with E-state index in [4.69, 9.17) is 13.9 Å². The standard InChI is InChI=1S/C13H18O7/c1-5-18-13(19-6-2)10-9(12(15)17-4)8(7-20-10)11(14)16-3/h7,13H,5-6H2,1-4H3. The molecular formula is C13H18O7. The summed E-state index contributed by atoms with van der Waals surface area (Å²) in [6, 6.07) is 0. The van der Waals surface area contributed by atoms with E-state index in [9.17, 15) is 9.59 Å². The van der Waals surface area contributed by atoms with Crippen molar-refractivity contribution in [3.05, 3.63) is 23.2 Å². The normalized spacial score (nSPS) is 10.7. The fourth-order valence-electron chi connectivity index (χ4n) is 1.62. The van der Waals surface area contributed by atoms with Gasteiger partial charge in [-0.15, -0.1) is 0 Å². The molecule has 0 radical (unpaired) electrons. The smallest absolute Gasteiger partial charge is 0.342 e. The topological polar surface area (TPSA) is 84.2 Å². The predicted octanol–water partition coefficient (Wildman–Crippen LogP) is 1.92. The van der Waals surface area contributed by atoms with Crippen molar-refractivity contribution in [1.29, 1.82) is 0 Å². The molecule has 0 saturated heterocycles. The molecule has 1 aromatic rings. The predicted molar refractivity (Wildman–Crippen MR) is 67.4 cm³/mol. The number of hydrogen-bond donors (Lipinski definition) is 0. The molecule has 0 aliphatic carbocycles. The second-order valence-corrected chi connectivity index (χ2v) is 3.61. The highest BCUT2D eigenvalue weighted by Gasteiger charge is 2.31. The first kappa shape index (κ1) is 16.2. The van der Waals surface area contributed by atoms with Crippen molar-refractivity contribution < 1.29 is 33.0 Å². The molecule has 1 heterocycles. The molecule has 0 aliphatic heterocycles. The van der Waals surface area contributed by atoms with E-state index in [1.165, 1.54) is 14.2 Å². The molecule has 20 heavy (non-hydrogen) atoms. The number of hydrogen-bond acceptors (Lipinski definition) is 7. The molecule has 7 nitrogen and oxygen atoms in total. The highest BCUT2D eigenvalue weighted by atomic mass is 16.7. The van der Waals surface area contributed by atoms with E-state index in [0.29, 0.717) is 13.2 Å². The van der Waals surface area contributed by atoms with Gasteiger partial charge in [0.05, 0.1) is 14.2 Å². The van der Waals surface area contributed by atoms with Crippen molar-refractivity contribution in [3.8, 4) is 0 Å². The van der Waals surface area contributed by atoms with Gasteiger partial charge in [-0.3, -0.25) is 0 Å². The summed E-state index contributed by atoms with van der Waals surface area (Å²) < 4.78 is 25.2. The first-order valence-corrected chi connectivity index (χ1v) is 6.11. The van der Waals surface area contributed by atoms with Crippen LogP contribution in [-0.4, -0.2) is 39.4 Å². The number of methoxy groups -OCH3 is 2. The molecule has 0 atom stereocenters. The van der Waals surface area contributed by atoms with Crippen LogP contribution in [-0.2, 0) is 18.9 Å². The lowest BCUT2D eigenvalue weighted by atomic mass is 10.1. The van der Waals surface area contributed by atoms with Crippen LogP contribution in [0.1, 0.15) is 46.6 Å². The summed E-state index contributed by atoms with van der Waals surface area (Å²) in [5.41, 5.74) is -0.0787. The van der Waals surface area contributed by atoms with Crippen LogP contribution >= 0.6 is 0 Å². The zero-order valence-corrected chi connectivity index (χ0v) is 11.9. The van der Waals surface area contributed by atoms with Gasteiger partial charge in [-0.1, -0.05) is 0 Å². The van der Waals surface area contributed by atoms with Gasteiger partial charge in [0.1, 0.15) is 17.4 Å². The highest BCUT2D eigenvalue weighted by molar-refractivity contribution is 6.03. The summed E-state index contributed by atoms with van der Waals surface area (Å²) >= 11 is 0. The van der Waals surface area contributed by atoms with Crippen LogP contribution in [0.5, 0.6) is 0 Å². The van der Waals surface area contributed by atoms with Crippen molar-refractivity contribution in [2.75, 3.05) is 27.4 Å². The lowest BCUT2D eigenvalue weighted by Crippen LogP contribution is -2.16. The fourth-order valence-corrected chi connectivity index (χ4v) is 1.62. The van der Waals surface area contributed by atoms with Crippen molar-refractivity contribution in [3.63, 3.8) is 0 Å². The van der Waals surface area contributed by atoms with Crippen molar-refractivity contribution in [2.24, 2.45) is 0 Å². The molecule has 0 bridgehead atoms. The van der Waals surface area contributed by atoms with Gasteiger partial charge < -0.3 is 23.4 Å². The zero-order valence-electron chi connectivity index (χ0n) is 11.9. The minimum Gasteiger partial charge on any atom is -0.465 e. The largest absolute Gasteiger partial charge is 0.465 e. The molecule has 7 heteroatoms. The van der Waals surface area contributed by atoms with Crippen LogP contribution in [0.2, 0.25) is 0 Å². The Balaban J connectivity index is 3.27. The fraction of sp³-hybridized carbons (Fsp3) is 0.538. The van der Waals surface area contributed by atoms with E-state index in [0.717, 1.165) is 6.26 Å². The first-order valence-electron chi connectivity index (χ1n) is 6.11. The Labute approximate surface area is 116 Å². The molecule has 1 aromatic heterocycles. The molecule has 1 rings (SSSR count). The molecule has 0 spiro atoms. The van der Waals surface area contributed by atoms with Crippen molar-refractivity contribution >= 4 is 11.9 Å². The third-order valence-corrected chi connectivity index (χ3v) is 2.46. The maximum atomic E-state index is 11.8. The minimum atomic E-state index is -0.891. The number of esters is 2. The molecule has 112 valence electrons. The van der Waals surface area contributed by atoms with Crippen LogP contribution in [0.3, 0.4) is 0 Å². The van der Waals surface area contributed by atoms with Gasteiger partial charge in [0, 0.05) is 13.2 Å². The van der Waals surface area contributed by atoms with Gasteiger partial charge in [-0.05, 0) is 13.8 Å². The lowest BCUT2D eigenvalue weighted by molar-refractivity contribution is -0.151. The Morgan fingerprint density at radius 2 is 1.65 bits per heavy atom. The van der Waals surface area contributed by atoms with Crippen LogP contribution < -0.4 is 0 Å². The molecule has 0 aromatic carbocycles. The van der Waals surface area contributed by atoms with E-state index < -0.39 is 18.2 Å². The van der Waals surface area contributed by atoms with Gasteiger partial charge in [-0.25, -0.2) is 9.59 Å². The first-order chi connectivity index (χ1) is 9.60. The zero-order chi connectivity index (χ0) is 15.1. The number of furan rings is 1. The second kappa shape index (κ2) is 7.66. The summed E-state index contributed by atoms with van der Waals surface area (Å²) in [6.07, 6.45) is 0.232. The Kier molecular flexibility index (Phi) is 6.20. The third-order valence-electron chi connectivity index (χ3n) is 2.46. The van der Waals surface area contributed by atoms with E-state index in [2.05, 4.69) is 9.47 Å². The summed E-state index contributed by atoms with van der Waals surface area (Å²) in [4.78, 5) is 23.5. The van der Waals surface area contributed by atoms with E-state index in [-0.39, 0.29) is 16.9 Å². The molecule has 0 saturated carbocycles. The van der Waals surface area contributed by atoms with Gasteiger partial charge in [-0.2, -0.15) is 0 Å². The third kappa shape index (κ3) is 3.37. The highest BCUT2D eigenvalue weighted by Crippen LogP contribution is 2.28. The quantitative estimate of drug-likeness (QED) is 0.559. The van der Waals surface area contributed by atoms with Gasteiger partial charge in [0.2, 0.25) is 6.29 Å². The summed E-state index contributed by atoms with van der Waals surface area (Å²) in [6.45, 7) is 4.24. The summed E-state index contributed by atoms with van der Waals surface area (Å²) in [5.74, 6) is -1.34. The van der Waals surface area contributed by atoms with Gasteiger partial charge >= 0.3 is 11.9 Å². The maximum absolute atomic E-state index is 11.8. The molecule has 0 N–H and O–H groups in total. The number of carbonyl (C=O) groups excluding carboxylic acids is 2. The number of carbonyl (C=O) groups is 2. The Hall–Kier alpha value is -1.86. The molecule has 0 aliphatic rings. The van der Waals surface area contributed by atoms with Crippen LogP contribution in [0.15, 0.2) is 10.7 Å². The maximum Gasteiger partial charge on any atom is 0.342 e. The Morgan fingerprint density at radius 3 is 2.10 bits per heavy atom. The molecule has 0 amide bonds. The van der Waals surface area contributed by atoms with E-state index in [1.807, 2.05) is 0 Å². The van der Waals surface area contributed by atoms with Crippen LogP contribution in [0, 0.1) is 0 Å². The summed E-state index contributed by atoms with van der Waals surface area (Å²) in [7, 11) is 2.41. The second-order valence-electron chi connectivity index (χ2n) is 3.61. The Morgan fingerprint density at radius 1 is 1.10 bits per heavy atom. The van der Waals surface area contributed by atoms with Gasteiger partial charge in [0.15, 0.2) is 5.76 Å². The van der Waals surface area contributed by atoms with Crippen LogP contribution in [0.4, 0.5) is 0 Å². The SMILES string of the molecule is CCOC(OCC)c1occ(C(=O)OC)c1C(=O)OC. The lowest BCUT2D eigenvalue weighted by Gasteiger charge is -2.15. The monoisotopic (exact) mass is 286 g/mol. The molecule has 0 fully saturated rings. The molecular weight excluding hydrogens is 268 g/mol. The average molecular weight is 286 g/mol. The summed E-state index contributed by atoms with van der Waals surface area (Å²) in [5, 5.41) is 0. The van der Waals surface area contributed by atoms with Crippen molar-refractivity contribution in [2.45, 2.75) is 20.1 Å².